The van der Waals surface area contributed by atoms with Crippen LogP contribution >= 0.6 is 11.3 Å². The Hall–Kier alpha value is -2.47. The monoisotopic (exact) mass is 369 g/mol. The normalized spacial score (nSPS) is 16.6. The molecule has 1 fully saturated rings. The second-order valence-corrected chi connectivity index (χ2v) is 7.72. The Kier molecular flexibility index (Phi) is 4.36. The first-order valence-corrected chi connectivity index (χ1v) is 9.56. The number of aryl methyl sites for hydroxylation is 1. The average molecular weight is 369 g/mol. The predicted molar refractivity (Wildman–Crippen MR) is 101 cm³/mol. The summed E-state index contributed by atoms with van der Waals surface area (Å²) in [5, 5.41) is 8.58. The van der Waals surface area contributed by atoms with E-state index < -0.39 is 5.67 Å². The van der Waals surface area contributed by atoms with Gasteiger partial charge in [0.05, 0.1) is 11.8 Å². The number of alkyl halides is 1. The Balaban J connectivity index is 1.44. The first-order chi connectivity index (χ1) is 12.5. The van der Waals surface area contributed by atoms with Gasteiger partial charge >= 0.3 is 0 Å². The fourth-order valence-electron chi connectivity index (χ4n) is 3.37. The van der Waals surface area contributed by atoms with Crippen LogP contribution in [0.2, 0.25) is 0 Å². The number of carbonyl (C=O) groups is 1. The summed E-state index contributed by atoms with van der Waals surface area (Å²) in [4.78, 5) is 15.5. The molecule has 4 nitrogen and oxygen atoms in total. The molecule has 0 unspecified atom stereocenters. The molecule has 0 radical (unpaired) electrons. The summed E-state index contributed by atoms with van der Waals surface area (Å²) in [6, 6.07) is 9.49. The van der Waals surface area contributed by atoms with Crippen molar-refractivity contribution >= 4 is 17.2 Å². The van der Waals surface area contributed by atoms with E-state index in [4.69, 9.17) is 0 Å². The Morgan fingerprint density at radius 1 is 1.27 bits per heavy atom. The molecule has 0 saturated carbocycles. The molecule has 1 aliphatic rings. The lowest BCUT2D eigenvalue weighted by Gasteiger charge is -2.36. The van der Waals surface area contributed by atoms with E-state index in [1.807, 2.05) is 42.6 Å². The van der Waals surface area contributed by atoms with E-state index >= 15 is 4.39 Å². The smallest absolute Gasteiger partial charge is 0.254 e. The number of nitrogens with one attached hydrogen (secondary N) is 1. The summed E-state index contributed by atoms with van der Waals surface area (Å²) in [6.07, 6.45) is 4.21. The van der Waals surface area contributed by atoms with Crippen molar-refractivity contribution in [2.24, 2.45) is 0 Å². The highest BCUT2D eigenvalue weighted by molar-refractivity contribution is 7.13. The average Bonchev–Trinajstić information content (AvgIpc) is 3.34. The number of benzene rings is 1. The van der Waals surface area contributed by atoms with Gasteiger partial charge in [0.25, 0.3) is 5.91 Å². The van der Waals surface area contributed by atoms with Crippen molar-refractivity contribution in [2.45, 2.75) is 25.4 Å². The standard InChI is InChI=1S/C20H20FN3OS/c1-14-2-4-17(5-3-14)20(21)6-8-24(9-7-20)19(25)15-10-18(26-13-15)16-11-22-23-12-16/h2-5,10-13H,6-9H2,1H3,(H,22,23). The van der Waals surface area contributed by atoms with Crippen LogP contribution in [-0.2, 0) is 5.67 Å². The minimum Gasteiger partial charge on any atom is -0.338 e. The molecule has 134 valence electrons. The van der Waals surface area contributed by atoms with Gasteiger partial charge in [-0.15, -0.1) is 11.3 Å². The highest BCUT2D eigenvalue weighted by Gasteiger charge is 2.37. The molecule has 1 amide bonds. The molecule has 26 heavy (non-hydrogen) atoms. The van der Waals surface area contributed by atoms with E-state index in [-0.39, 0.29) is 5.91 Å². The van der Waals surface area contributed by atoms with Gasteiger partial charge in [0.2, 0.25) is 0 Å². The van der Waals surface area contributed by atoms with E-state index in [9.17, 15) is 4.79 Å². The lowest BCUT2D eigenvalue weighted by atomic mass is 9.85. The molecule has 6 heteroatoms. The zero-order chi connectivity index (χ0) is 18.1. The Labute approximate surface area is 155 Å². The summed E-state index contributed by atoms with van der Waals surface area (Å²) in [7, 11) is 0. The van der Waals surface area contributed by atoms with Crippen molar-refractivity contribution in [3.8, 4) is 10.4 Å². The number of likely N-dealkylation sites (tertiary alicyclic amines) is 1. The molecule has 3 heterocycles. The van der Waals surface area contributed by atoms with E-state index in [1.54, 1.807) is 17.3 Å². The van der Waals surface area contributed by atoms with E-state index in [2.05, 4.69) is 10.2 Å². The molecular weight excluding hydrogens is 349 g/mol. The molecule has 1 saturated heterocycles. The summed E-state index contributed by atoms with van der Waals surface area (Å²) in [5.74, 6) is -0.0260. The molecule has 0 atom stereocenters. The van der Waals surface area contributed by atoms with Gasteiger partial charge in [0.1, 0.15) is 5.67 Å². The molecule has 1 aliphatic heterocycles. The Bertz CT molecular complexity index is 894. The van der Waals surface area contributed by atoms with Crippen LogP contribution in [0.3, 0.4) is 0 Å². The van der Waals surface area contributed by atoms with Crippen molar-refractivity contribution in [1.29, 1.82) is 0 Å². The van der Waals surface area contributed by atoms with E-state index in [0.717, 1.165) is 16.0 Å². The van der Waals surface area contributed by atoms with Crippen molar-refractivity contribution in [3.63, 3.8) is 0 Å². The molecule has 2 aromatic heterocycles. The highest BCUT2D eigenvalue weighted by atomic mass is 32.1. The van der Waals surface area contributed by atoms with Crippen LogP contribution in [0.5, 0.6) is 0 Å². The second-order valence-electron chi connectivity index (χ2n) is 6.81. The van der Waals surface area contributed by atoms with Gasteiger partial charge < -0.3 is 4.90 Å². The summed E-state index contributed by atoms with van der Waals surface area (Å²) >= 11 is 1.52. The van der Waals surface area contributed by atoms with Crippen molar-refractivity contribution < 1.29 is 9.18 Å². The number of piperidine rings is 1. The minimum atomic E-state index is -1.35. The third kappa shape index (κ3) is 3.17. The zero-order valence-corrected chi connectivity index (χ0v) is 15.4. The summed E-state index contributed by atoms with van der Waals surface area (Å²) < 4.78 is 15.3. The van der Waals surface area contributed by atoms with Gasteiger partial charge in [0.15, 0.2) is 0 Å². The van der Waals surface area contributed by atoms with Gasteiger partial charge in [-0.1, -0.05) is 29.8 Å². The number of aromatic nitrogens is 2. The third-order valence-corrected chi connectivity index (χ3v) is 6.02. The zero-order valence-electron chi connectivity index (χ0n) is 14.5. The Morgan fingerprint density at radius 3 is 2.65 bits per heavy atom. The topological polar surface area (TPSA) is 49.0 Å². The number of H-pyrrole nitrogens is 1. The lowest BCUT2D eigenvalue weighted by molar-refractivity contribution is 0.0422. The number of amides is 1. The minimum absolute atomic E-state index is 0.0260. The second kappa shape index (κ2) is 6.68. The number of rotatable bonds is 3. The highest BCUT2D eigenvalue weighted by Crippen LogP contribution is 2.37. The number of aromatic amines is 1. The molecule has 0 spiro atoms. The summed E-state index contributed by atoms with van der Waals surface area (Å²) in [6.45, 7) is 2.86. The lowest BCUT2D eigenvalue weighted by Crippen LogP contribution is -2.43. The van der Waals surface area contributed by atoms with E-state index in [1.165, 1.54) is 11.3 Å². The van der Waals surface area contributed by atoms with Crippen LogP contribution in [0.15, 0.2) is 48.1 Å². The van der Waals surface area contributed by atoms with Crippen LogP contribution in [0.4, 0.5) is 4.39 Å². The predicted octanol–water partition coefficient (Wildman–Crippen LogP) is 4.55. The van der Waals surface area contributed by atoms with Crippen LogP contribution in [0.1, 0.15) is 34.3 Å². The number of nitrogens with zero attached hydrogens (tertiary/aromatic N) is 2. The van der Waals surface area contributed by atoms with Crippen molar-refractivity contribution in [1.82, 2.24) is 15.1 Å². The van der Waals surface area contributed by atoms with Gasteiger partial charge in [-0.3, -0.25) is 9.89 Å². The molecule has 1 N–H and O–H groups in total. The number of carbonyl (C=O) groups excluding carboxylic acids is 1. The van der Waals surface area contributed by atoms with Gasteiger partial charge in [0, 0.05) is 47.9 Å². The first kappa shape index (κ1) is 17.0. The fourth-order valence-corrected chi connectivity index (χ4v) is 4.24. The van der Waals surface area contributed by atoms with Crippen LogP contribution < -0.4 is 0 Å². The van der Waals surface area contributed by atoms with Gasteiger partial charge in [-0.2, -0.15) is 5.10 Å². The molecule has 0 bridgehead atoms. The fraction of sp³-hybridized carbons (Fsp3) is 0.300. The maximum Gasteiger partial charge on any atom is 0.254 e. The summed E-state index contributed by atoms with van der Waals surface area (Å²) in [5.41, 5.74) is 2.12. The van der Waals surface area contributed by atoms with Gasteiger partial charge in [-0.05, 0) is 18.6 Å². The Morgan fingerprint density at radius 2 is 2.00 bits per heavy atom. The third-order valence-electron chi connectivity index (χ3n) is 5.04. The van der Waals surface area contributed by atoms with Crippen LogP contribution in [0.25, 0.3) is 10.4 Å². The van der Waals surface area contributed by atoms with Crippen molar-refractivity contribution in [3.05, 3.63) is 64.8 Å². The molecule has 4 rings (SSSR count). The number of hydrogen-bond acceptors (Lipinski definition) is 3. The van der Waals surface area contributed by atoms with E-state index in [0.29, 0.717) is 37.1 Å². The largest absolute Gasteiger partial charge is 0.338 e. The van der Waals surface area contributed by atoms with Crippen molar-refractivity contribution in [2.75, 3.05) is 13.1 Å². The number of thiophene rings is 1. The quantitative estimate of drug-likeness (QED) is 0.736. The number of hydrogen-bond donors (Lipinski definition) is 1. The molecule has 3 aromatic rings. The molecule has 0 aliphatic carbocycles. The maximum atomic E-state index is 15.3. The SMILES string of the molecule is Cc1ccc(C2(F)CCN(C(=O)c3csc(-c4cn[nH]c4)c3)CC2)cc1. The van der Waals surface area contributed by atoms with Gasteiger partial charge in [-0.25, -0.2) is 4.39 Å². The molecule has 1 aromatic carbocycles. The van der Waals surface area contributed by atoms with Crippen LogP contribution in [0, 0.1) is 6.92 Å². The molecular formula is C20H20FN3OS. The maximum absolute atomic E-state index is 15.3. The first-order valence-electron chi connectivity index (χ1n) is 8.68. The van der Waals surface area contributed by atoms with Crippen LogP contribution in [-0.4, -0.2) is 34.1 Å². The number of halogens is 1.